The molecule has 188 valence electrons. The highest BCUT2D eigenvalue weighted by molar-refractivity contribution is 6.22. The summed E-state index contributed by atoms with van der Waals surface area (Å²) >= 11 is 0. The molecule has 0 bridgehead atoms. The molecule has 3 aromatic heterocycles. The Kier molecular flexibility index (Phi) is 5.29. The lowest BCUT2D eigenvalue weighted by atomic mass is 9.83. The van der Waals surface area contributed by atoms with Crippen LogP contribution in [0.15, 0.2) is 47.6 Å². The highest BCUT2D eigenvalue weighted by atomic mass is 19.4. The Bertz CT molecular complexity index is 1710. The SMILES string of the molecule is CN=C(c1cc(C(F)(F)F)n(C)n1)c1c(N)ccc2nc(-c3ccc4[nH]ncc4c3)c3c(c12)CCCC3. The molecule has 0 aliphatic heterocycles. The fraction of sp³-hybridized carbons (Fsp3) is 0.259. The molecular formula is C27H24F3N7. The van der Waals surface area contributed by atoms with E-state index in [-0.39, 0.29) is 5.69 Å². The Morgan fingerprint density at radius 2 is 1.86 bits per heavy atom. The van der Waals surface area contributed by atoms with Crippen LogP contribution in [0.1, 0.15) is 40.9 Å². The molecule has 1 aliphatic carbocycles. The van der Waals surface area contributed by atoms with E-state index in [4.69, 9.17) is 10.7 Å². The van der Waals surface area contributed by atoms with E-state index < -0.39 is 11.9 Å². The summed E-state index contributed by atoms with van der Waals surface area (Å²) < 4.78 is 41.4. The van der Waals surface area contributed by atoms with Crippen LogP contribution in [0.5, 0.6) is 0 Å². The highest BCUT2D eigenvalue weighted by Crippen LogP contribution is 2.39. The third kappa shape index (κ3) is 3.75. The molecule has 0 spiro atoms. The van der Waals surface area contributed by atoms with Crippen LogP contribution >= 0.6 is 0 Å². The van der Waals surface area contributed by atoms with Crippen LogP contribution in [0, 0.1) is 0 Å². The normalized spacial score (nSPS) is 14.5. The number of benzene rings is 2. The maximum Gasteiger partial charge on any atom is 0.433 e. The monoisotopic (exact) mass is 503 g/mol. The summed E-state index contributed by atoms with van der Waals surface area (Å²) in [4.78, 5) is 9.47. The van der Waals surface area contributed by atoms with Gasteiger partial charge in [0.2, 0.25) is 0 Å². The number of hydrogen-bond acceptors (Lipinski definition) is 5. The number of aromatic amines is 1. The van der Waals surface area contributed by atoms with Crippen molar-refractivity contribution in [3.8, 4) is 11.3 Å². The van der Waals surface area contributed by atoms with Crippen molar-refractivity contribution in [2.75, 3.05) is 12.8 Å². The number of anilines is 1. The Labute approximate surface area is 210 Å². The van der Waals surface area contributed by atoms with E-state index in [0.29, 0.717) is 17.0 Å². The zero-order valence-electron chi connectivity index (χ0n) is 20.3. The lowest BCUT2D eigenvalue weighted by Gasteiger charge is -2.24. The van der Waals surface area contributed by atoms with Gasteiger partial charge in [-0.25, -0.2) is 4.98 Å². The summed E-state index contributed by atoms with van der Waals surface area (Å²) in [5, 5.41) is 13.1. The van der Waals surface area contributed by atoms with Gasteiger partial charge in [0.05, 0.1) is 28.6 Å². The predicted octanol–water partition coefficient (Wildman–Crippen LogP) is 5.46. The largest absolute Gasteiger partial charge is 0.433 e. The van der Waals surface area contributed by atoms with Gasteiger partial charge in [0.15, 0.2) is 0 Å². The van der Waals surface area contributed by atoms with Gasteiger partial charge in [-0.15, -0.1) is 0 Å². The number of aromatic nitrogens is 5. The smallest absolute Gasteiger partial charge is 0.398 e. The minimum atomic E-state index is -4.53. The second-order valence-corrected chi connectivity index (χ2v) is 9.33. The number of pyridine rings is 1. The molecule has 5 aromatic rings. The van der Waals surface area contributed by atoms with Gasteiger partial charge in [-0.1, -0.05) is 6.07 Å². The molecule has 0 radical (unpaired) electrons. The third-order valence-electron chi connectivity index (χ3n) is 7.09. The van der Waals surface area contributed by atoms with Gasteiger partial charge < -0.3 is 5.73 Å². The first-order valence-electron chi connectivity index (χ1n) is 12.0. The molecule has 7 nitrogen and oxygen atoms in total. The minimum Gasteiger partial charge on any atom is -0.398 e. The first-order chi connectivity index (χ1) is 17.8. The number of hydrogen-bond donors (Lipinski definition) is 2. The maximum absolute atomic E-state index is 13.5. The molecule has 1 aliphatic rings. The van der Waals surface area contributed by atoms with E-state index in [9.17, 15) is 13.2 Å². The van der Waals surface area contributed by atoms with Crippen molar-refractivity contribution in [3.63, 3.8) is 0 Å². The third-order valence-corrected chi connectivity index (χ3v) is 7.09. The van der Waals surface area contributed by atoms with Gasteiger partial charge in [0.25, 0.3) is 0 Å². The average Bonchev–Trinajstić information content (AvgIpc) is 3.51. The molecule has 10 heteroatoms. The first kappa shape index (κ1) is 23.2. The van der Waals surface area contributed by atoms with E-state index in [1.165, 1.54) is 7.05 Å². The number of alkyl halides is 3. The molecule has 3 N–H and O–H groups in total. The number of halogens is 3. The topological polar surface area (TPSA) is 97.8 Å². The summed E-state index contributed by atoms with van der Waals surface area (Å²) in [5.41, 5.74) is 12.9. The van der Waals surface area contributed by atoms with Gasteiger partial charge in [0, 0.05) is 41.7 Å². The minimum absolute atomic E-state index is 0.121. The molecule has 3 heterocycles. The second kappa shape index (κ2) is 8.43. The fourth-order valence-corrected chi connectivity index (χ4v) is 5.42. The number of aliphatic imine (C=N–C) groups is 1. The van der Waals surface area contributed by atoms with Gasteiger partial charge in [-0.05, 0) is 67.1 Å². The molecule has 0 saturated carbocycles. The van der Waals surface area contributed by atoms with Crippen molar-refractivity contribution in [2.45, 2.75) is 31.9 Å². The molecule has 6 rings (SSSR count). The zero-order chi connectivity index (χ0) is 25.9. The molecular weight excluding hydrogens is 479 g/mol. The fourth-order valence-electron chi connectivity index (χ4n) is 5.42. The summed E-state index contributed by atoms with van der Waals surface area (Å²) in [6, 6.07) is 10.7. The quantitative estimate of drug-likeness (QED) is 0.252. The molecule has 0 amide bonds. The van der Waals surface area contributed by atoms with Crippen molar-refractivity contribution in [2.24, 2.45) is 12.0 Å². The lowest BCUT2D eigenvalue weighted by molar-refractivity contribution is -0.143. The number of fused-ring (bicyclic) bond motifs is 4. The van der Waals surface area contributed by atoms with Crippen molar-refractivity contribution < 1.29 is 13.2 Å². The molecule has 0 saturated heterocycles. The summed E-state index contributed by atoms with van der Waals surface area (Å²) in [5.74, 6) is 0. The van der Waals surface area contributed by atoms with Crippen LogP contribution in [0.4, 0.5) is 18.9 Å². The van der Waals surface area contributed by atoms with Crippen molar-refractivity contribution in [1.82, 2.24) is 25.0 Å². The van der Waals surface area contributed by atoms with E-state index in [2.05, 4.69) is 26.4 Å². The van der Waals surface area contributed by atoms with Crippen molar-refractivity contribution >= 4 is 33.2 Å². The number of aryl methyl sites for hydroxylation is 2. The maximum atomic E-state index is 13.5. The second-order valence-electron chi connectivity index (χ2n) is 9.33. The molecule has 0 unspecified atom stereocenters. The Hall–Kier alpha value is -4.21. The van der Waals surface area contributed by atoms with Crippen LogP contribution in [0.3, 0.4) is 0 Å². The number of H-pyrrole nitrogens is 1. The van der Waals surface area contributed by atoms with Crippen LogP contribution < -0.4 is 5.73 Å². The van der Waals surface area contributed by atoms with Gasteiger partial charge >= 0.3 is 6.18 Å². The Morgan fingerprint density at radius 3 is 2.59 bits per heavy atom. The van der Waals surface area contributed by atoms with Gasteiger partial charge in [0.1, 0.15) is 11.4 Å². The molecule has 0 atom stereocenters. The molecule has 37 heavy (non-hydrogen) atoms. The highest BCUT2D eigenvalue weighted by Gasteiger charge is 2.36. The number of nitrogens with zero attached hydrogens (tertiary/aromatic N) is 5. The van der Waals surface area contributed by atoms with E-state index in [1.807, 2.05) is 18.2 Å². The van der Waals surface area contributed by atoms with Crippen LogP contribution in [-0.4, -0.2) is 37.7 Å². The van der Waals surface area contributed by atoms with Crippen LogP contribution in [-0.2, 0) is 26.1 Å². The van der Waals surface area contributed by atoms with E-state index in [0.717, 1.165) is 80.6 Å². The lowest BCUT2D eigenvalue weighted by Crippen LogP contribution is -2.14. The van der Waals surface area contributed by atoms with E-state index >= 15 is 0 Å². The Balaban J connectivity index is 1.61. The zero-order valence-corrected chi connectivity index (χ0v) is 20.3. The Morgan fingerprint density at radius 1 is 1.08 bits per heavy atom. The summed E-state index contributed by atoms with van der Waals surface area (Å²) in [7, 11) is 2.82. The summed E-state index contributed by atoms with van der Waals surface area (Å²) in [6.07, 6.45) is 0.959. The summed E-state index contributed by atoms with van der Waals surface area (Å²) in [6.45, 7) is 0. The number of rotatable bonds is 3. The van der Waals surface area contributed by atoms with Crippen LogP contribution in [0.25, 0.3) is 33.1 Å². The number of nitrogen functional groups attached to an aromatic ring is 1. The van der Waals surface area contributed by atoms with Crippen molar-refractivity contribution in [3.05, 3.63) is 70.7 Å². The first-order valence-corrected chi connectivity index (χ1v) is 12.0. The van der Waals surface area contributed by atoms with Crippen molar-refractivity contribution in [1.29, 1.82) is 0 Å². The molecule has 0 fully saturated rings. The number of nitrogens with one attached hydrogen (secondary N) is 1. The van der Waals surface area contributed by atoms with E-state index in [1.54, 1.807) is 19.3 Å². The molecule has 2 aromatic carbocycles. The van der Waals surface area contributed by atoms with Gasteiger partial charge in [-0.2, -0.15) is 23.4 Å². The standard InChI is InChI=1S/C27H24F3N7/c1-32-26(21-12-22(27(28,29)30)37(2)36-21)24-18(31)8-10-20-23(24)16-5-3-4-6-17(16)25(34-20)14-7-9-19-15(11-14)13-33-35-19/h7-13H,3-6,31H2,1-2H3,(H,33,35). The number of nitrogens with two attached hydrogens (primary N) is 1. The van der Waals surface area contributed by atoms with Gasteiger partial charge in [-0.3, -0.25) is 14.8 Å². The van der Waals surface area contributed by atoms with Crippen LogP contribution in [0.2, 0.25) is 0 Å². The average molecular weight is 504 g/mol. The predicted molar refractivity (Wildman–Crippen MR) is 138 cm³/mol.